The van der Waals surface area contributed by atoms with Crippen molar-refractivity contribution in [1.29, 1.82) is 0 Å². The van der Waals surface area contributed by atoms with E-state index in [1.54, 1.807) is 24.3 Å². The molecule has 1 aliphatic carbocycles. The molecule has 3 heteroatoms. The number of rotatable bonds is 2. The van der Waals surface area contributed by atoms with E-state index in [0.717, 1.165) is 25.7 Å². The average Bonchev–Trinajstić information content (AvgIpc) is 2.70. The summed E-state index contributed by atoms with van der Waals surface area (Å²) in [5.74, 6) is 0.512. The largest absolute Gasteiger partial charge is 0.426 e. The van der Waals surface area contributed by atoms with Gasteiger partial charge in [-0.15, -0.1) is 0 Å². The molecule has 0 bridgehead atoms. The van der Waals surface area contributed by atoms with Crippen LogP contribution < -0.4 is 4.74 Å². The number of hydrogen-bond donors (Lipinski definition) is 0. The van der Waals surface area contributed by atoms with Gasteiger partial charge in [0.05, 0.1) is 5.92 Å². The molecule has 0 aliphatic heterocycles. The number of esters is 1. The second-order valence-electron chi connectivity index (χ2n) is 3.86. The minimum absolute atomic E-state index is 0.0870. The highest BCUT2D eigenvalue weighted by molar-refractivity contribution is 6.30. The van der Waals surface area contributed by atoms with Gasteiger partial charge in [0.15, 0.2) is 0 Å². The summed E-state index contributed by atoms with van der Waals surface area (Å²) < 4.78 is 5.26. The van der Waals surface area contributed by atoms with Crippen molar-refractivity contribution in [2.75, 3.05) is 0 Å². The van der Waals surface area contributed by atoms with Crippen LogP contribution in [-0.4, -0.2) is 5.97 Å². The lowest BCUT2D eigenvalue weighted by molar-refractivity contribution is -0.138. The summed E-state index contributed by atoms with van der Waals surface area (Å²) in [5.41, 5.74) is 0. The van der Waals surface area contributed by atoms with E-state index in [9.17, 15) is 4.79 Å². The van der Waals surface area contributed by atoms with Gasteiger partial charge < -0.3 is 4.74 Å². The summed E-state index contributed by atoms with van der Waals surface area (Å²) in [5, 5.41) is 0.590. The summed E-state index contributed by atoms with van der Waals surface area (Å²) in [4.78, 5) is 11.7. The molecule has 0 saturated heterocycles. The van der Waals surface area contributed by atoms with Crippen molar-refractivity contribution in [2.45, 2.75) is 25.7 Å². The lowest BCUT2D eigenvalue weighted by Gasteiger charge is -2.08. The van der Waals surface area contributed by atoms with Gasteiger partial charge in [-0.2, -0.15) is 0 Å². The predicted octanol–water partition coefficient (Wildman–Crippen LogP) is 3.44. The van der Waals surface area contributed by atoms with Crippen LogP contribution in [0.4, 0.5) is 0 Å². The number of carbonyl (C=O) groups is 1. The van der Waals surface area contributed by atoms with Gasteiger partial charge in [-0.05, 0) is 31.0 Å². The van der Waals surface area contributed by atoms with E-state index < -0.39 is 0 Å². The third-order valence-electron chi connectivity index (χ3n) is 2.70. The molecule has 1 aliphatic rings. The molecule has 1 aromatic carbocycles. The Morgan fingerprint density at radius 2 is 2.07 bits per heavy atom. The van der Waals surface area contributed by atoms with Gasteiger partial charge >= 0.3 is 5.97 Å². The maximum Gasteiger partial charge on any atom is 0.314 e. The Hall–Kier alpha value is -1.02. The molecule has 2 rings (SSSR count). The zero-order valence-electron chi connectivity index (χ0n) is 8.41. The molecule has 80 valence electrons. The first-order chi connectivity index (χ1) is 7.25. The first-order valence-corrected chi connectivity index (χ1v) is 5.61. The van der Waals surface area contributed by atoms with Crippen LogP contribution in [0.25, 0.3) is 0 Å². The average molecular weight is 225 g/mol. The topological polar surface area (TPSA) is 26.3 Å². The number of benzene rings is 1. The van der Waals surface area contributed by atoms with Gasteiger partial charge in [-0.25, -0.2) is 0 Å². The van der Waals surface area contributed by atoms with Gasteiger partial charge in [-0.1, -0.05) is 30.5 Å². The molecular weight excluding hydrogens is 212 g/mol. The van der Waals surface area contributed by atoms with Crippen LogP contribution in [0.15, 0.2) is 24.3 Å². The van der Waals surface area contributed by atoms with Crippen LogP contribution in [0.1, 0.15) is 25.7 Å². The minimum Gasteiger partial charge on any atom is -0.426 e. The van der Waals surface area contributed by atoms with Crippen LogP contribution in [0.3, 0.4) is 0 Å². The Morgan fingerprint density at radius 1 is 1.33 bits per heavy atom. The molecule has 1 aromatic rings. The van der Waals surface area contributed by atoms with Crippen LogP contribution >= 0.6 is 11.6 Å². The number of carbonyl (C=O) groups excluding carboxylic acids is 1. The van der Waals surface area contributed by atoms with Crippen molar-refractivity contribution >= 4 is 17.6 Å². The molecule has 0 heterocycles. The molecular formula is C12H13ClO2. The Morgan fingerprint density at radius 3 is 2.73 bits per heavy atom. The maximum absolute atomic E-state index is 11.7. The number of ether oxygens (including phenoxy) is 1. The Kier molecular flexibility index (Phi) is 3.27. The van der Waals surface area contributed by atoms with Crippen LogP contribution in [0, 0.1) is 5.92 Å². The third kappa shape index (κ3) is 2.72. The minimum atomic E-state index is -0.116. The van der Waals surface area contributed by atoms with E-state index in [1.807, 2.05) is 0 Å². The molecule has 2 nitrogen and oxygen atoms in total. The summed E-state index contributed by atoms with van der Waals surface area (Å²) in [7, 11) is 0. The van der Waals surface area contributed by atoms with E-state index in [0.29, 0.717) is 10.8 Å². The highest BCUT2D eigenvalue weighted by Gasteiger charge is 2.24. The molecule has 0 amide bonds. The molecule has 0 unspecified atom stereocenters. The smallest absolute Gasteiger partial charge is 0.314 e. The van der Waals surface area contributed by atoms with Crippen molar-refractivity contribution in [3.63, 3.8) is 0 Å². The van der Waals surface area contributed by atoms with E-state index in [-0.39, 0.29) is 11.9 Å². The van der Waals surface area contributed by atoms with Gasteiger partial charge in [0.2, 0.25) is 0 Å². The lowest BCUT2D eigenvalue weighted by Crippen LogP contribution is -2.17. The monoisotopic (exact) mass is 224 g/mol. The zero-order valence-corrected chi connectivity index (χ0v) is 9.17. The van der Waals surface area contributed by atoms with Crippen molar-refractivity contribution in [2.24, 2.45) is 5.92 Å². The first-order valence-electron chi connectivity index (χ1n) is 5.23. The number of halogens is 1. The van der Waals surface area contributed by atoms with Crippen molar-refractivity contribution in [3.8, 4) is 5.75 Å². The van der Waals surface area contributed by atoms with Gasteiger partial charge in [0.25, 0.3) is 0 Å². The highest BCUT2D eigenvalue weighted by Crippen LogP contribution is 2.27. The Balaban J connectivity index is 1.99. The summed E-state index contributed by atoms with van der Waals surface area (Å²) in [6.45, 7) is 0. The van der Waals surface area contributed by atoms with Crippen molar-refractivity contribution in [1.82, 2.24) is 0 Å². The van der Waals surface area contributed by atoms with Gasteiger partial charge in [-0.3, -0.25) is 4.79 Å². The second-order valence-corrected chi connectivity index (χ2v) is 4.30. The Bertz CT molecular complexity index is 356. The molecule has 0 radical (unpaired) electrons. The van der Waals surface area contributed by atoms with Crippen LogP contribution in [0.2, 0.25) is 5.02 Å². The normalized spacial score (nSPS) is 16.6. The zero-order chi connectivity index (χ0) is 10.7. The predicted molar refractivity (Wildman–Crippen MR) is 59.0 cm³/mol. The van der Waals surface area contributed by atoms with Gasteiger partial charge in [0.1, 0.15) is 5.75 Å². The summed E-state index contributed by atoms with van der Waals surface area (Å²) in [6.07, 6.45) is 4.18. The van der Waals surface area contributed by atoms with Crippen molar-refractivity contribution < 1.29 is 9.53 Å². The maximum atomic E-state index is 11.7. The fourth-order valence-corrected chi connectivity index (χ4v) is 2.07. The molecule has 0 N–H and O–H groups in total. The van der Waals surface area contributed by atoms with E-state index in [2.05, 4.69) is 0 Å². The summed E-state index contributed by atoms with van der Waals surface area (Å²) >= 11 is 5.80. The molecule has 15 heavy (non-hydrogen) atoms. The molecule has 0 aromatic heterocycles. The Labute approximate surface area is 94.2 Å². The van der Waals surface area contributed by atoms with Gasteiger partial charge in [0, 0.05) is 5.02 Å². The van der Waals surface area contributed by atoms with E-state index >= 15 is 0 Å². The fraction of sp³-hybridized carbons (Fsp3) is 0.417. The first kappa shape index (κ1) is 10.5. The highest BCUT2D eigenvalue weighted by atomic mass is 35.5. The molecule has 0 atom stereocenters. The molecule has 1 saturated carbocycles. The second kappa shape index (κ2) is 4.67. The SMILES string of the molecule is O=C(Oc1cccc(Cl)c1)C1CCCC1. The standard InChI is InChI=1S/C12H13ClO2/c13-10-6-3-7-11(8-10)15-12(14)9-4-1-2-5-9/h3,6-9H,1-2,4-5H2. The van der Waals surface area contributed by atoms with Crippen molar-refractivity contribution in [3.05, 3.63) is 29.3 Å². The van der Waals surface area contributed by atoms with E-state index in [4.69, 9.17) is 16.3 Å². The van der Waals surface area contributed by atoms with E-state index in [1.165, 1.54) is 0 Å². The molecule has 0 spiro atoms. The molecule has 1 fully saturated rings. The fourth-order valence-electron chi connectivity index (χ4n) is 1.89. The summed E-state index contributed by atoms with van der Waals surface area (Å²) in [6, 6.07) is 6.95. The quantitative estimate of drug-likeness (QED) is 0.568. The van der Waals surface area contributed by atoms with Crippen LogP contribution in [0.5, 0.6) is 5.75 Å². The van der Waals surface area contributed by atoms with Crippen LogP contribution in [-0.2, 0) is 4.79 Å². The number of hydrogen-bond acceptors (Lipinski definition) is 2. The third-order valence-corrected chi connectivity index (χ3v) is 2.94. The lowest BCUT2D eigenvalue weighted by atomic mass is 10.1.